The Morgan fingerprint density at radius 3 is 2.78 bits per heavy atom. The van der Waals surface area contributed by atoms with Gasteiger partial charge in [0.05, 0.1) is 5.56 Å². The summed E-state index contributed by atoms with van der Waals surface area (Å²) in [6.45, 7) is 1.12. The molecule has 0 unspecified atom stereocenters. The van der Waals surface area contributed by atoms with Crippen molar-refractivity contribution in [3.8, 4) is 0 Å². The summed E-state index contributed by atoms with van der Waals surface area (Å²) in [5.74, 6) is -0.523. The Labute approximate surface area is 104 Å². The van der Waals surface area contributed by atoms with E-state index in [9.17, 15) is 9.59 Å². The highest BCUT2D eigenvalue weighted by Crippen LogP contribution is 2.33. The van der Waals surface area contributed by atoms with Gasteiger partial charge in [0.2, 0.25) is 5.91 Å². The molecule has 2 aliphatic rings. The van der Waals surface area contributed by atoms with Gasteiger partial charge in [0.15, 0.2) is 0 Å². The van der Waals surface area contributed by atoms with Gasteiger partial charge in [0.25, 0.3) is 0 Å². The van der Waals surface area contributed by atoms with Crippen LogP contribution in [-0.2, 0) is 17.8 Å². The van der Waals surface area contributed by atoms with Gasteiger partial charge in [-0.1, -0.05) is 0 Å². The molecule has 1 aromatic heterocycles. The van der Waals surface area contributed by atoms with Crippen LogP contribution in [0.25, 0.3) is 0 Å². The van der Waals surface area contributed by atoms with Crippen LogP contribution in [0.1, 0.15) is 34.3 Å². The number of hydrogen-bond donors (Lipinski definition) is 1. The lowest BCUT2D eigenvalue weighted by Crippen LogP contribution is -2.37. The maximum atomic E-state index is 12.0. The minimum absolute atomic E-state index is 0.210. The molecule has 0 radical (unpaired) electrons. The molecular weight excluding hydrogens is 232 g/mol. The number of carboxylic acid groups (broad SMARTS) is 1. The second kappa shape index (κ2) is 4.08. The first kappa shape index (κ1) is 11.2. The summed E-state index contributed by atoms with van der Waals surface area (Å²) in [6, 6.07) is 0. The van der Waals surface area contributed by atoms with Crippen LogP contribution in [0.5, 0.6) is 0 Å². The molecule has 5 heteroatoms. The number of carboxylic acids is 1. The molecule has 1 amide bonds. The number of amides is 1. The van der Waals surface area contributed by atoms with Gasteiger partial charge >= 0.3 is 5.97 Å². The minimum Gasteiger partial charge on any atom is -0.478 e. The zero-order valence-corrected chi connectivity index (χ0v) is 9.93. The van der Waals surface area contributed by atoms with E-state index in [1.807, 2.05) is 4.90 Å². The second-order valence-corrected chi connectivity index (χ2v) is 4.91. The van der Waals surface area contributed by atoms with E-state index in [1.165, 1.54) is 6.20 Å². The lowest BCUT2D eigenvalue weighted by molar-refractivity contribution is -0.133. The summed E-state index contributed by atoms with van der Waals surface area (Å²) in [5.41, 5.74) is 1.97. The van der Waals surface area contributed by atoms with Crippen molar-refractivity contribution in [1.29, 1.82) is 0 Å². The Bertz CT molecular complexity index is 523. The summed E-state index contributed by atoms with van der Waals surface area (Å²) in [6.07, 6.45) is 5.66. The fourth-order valence-corrected chi connectivity index (χ4v) is 2.45. The van der Waals surface area contributed by atoms with Gasteiger partial charge in [-0.05, 0) is 30.4 Å². The van der Waals surface area contributed by atoms with Crippen LogP contribution in [-0.4, -0.2) is 33.4 Å². The zero-order valence-electron chi connectivity index (χ0n) is 9.93. The molecule has 3 rings (SSSR count). The molecule has 0 saturated heterocycles. The van der Waals surface area contributed by atoms with E-state index in [0.29, 0.717) is 19.5 Å². The molecule has 2 heterocycles. The van der Waals surface area contributed by atoms with Crippen LogP contribution < -0.4 is 0 Å². The van der Waals surface area contributed by atoms with Gasteiger partial charge in [0.1, 0.15) is 0 Å². The molecule has 5 nitrogen and oxygen atoms in total. The zero-order chi connectivity index (χ0) is 12.7. The quantitative estimate of drug-likeness (QED) is 0.847. The lowest BCUT2D eigenvalue weighted by Gasteiger charge is -2.29. The topological polar surface area (TPSA) is 70.5 Å². The van der Waals surface area contributed by atoms with Crippen molar-refractivity contribution in [1.82, 2.24) is 9.88 Å². The highest BCUT2D eigenvalue weighted by molar-refractivity contribution is 5.89. The predicted octanol–water partition coefficient (Wildman–Crippen LogP) is 1.07. The van der Waals surface area contributed by atoms with Crippen molar-refractivity contribution in [2.75, 3.05) is 6.54 Å². The number of aromatic nitrogens is 1. The molecule has 1 aliphatic carbocycles. The van der Waals surface area contributed by atoms with Crippen LogP contribution in [0.15, 0.2) is 12.4 Å². The van der Waals surface area contributed by atoms with Crippen LogP contribution in [0.3, 0.4) is 0 Å². The van der Waals surface area contributed by atoms with Crippen LogP contribution in [0, 0.1) is 5.92 Å². The Balaban J connectivity index is 1.87. The molecule has 0 atom stereocenters. The smallest absolute Gasteiger partial charge is 0.337 e. The average Bonchev–Trinajstić information content (AvgIpc) is 3.20. The van der Waals surface area contributed by atoms with Crippen LogP contribution >= 0.6 is 0 Å². The van der Waals surface area contributed by atoms with Gasteiger partial charge in [-0.3, -0.25) is 9.78 Å². The Morgan fingerprint density at radius 2 is 2.11 bits per heavy atom. The fraction of sp³-hybridized carbons (Fsp3) is 0.462. The normalized spacial score (nSPS) is 18.3. The van der Waals surface area contributed by atoms with Gasteiger partial charge in [-0.2, -0.15) is 0 Å². The molecule has 1 fully saturated rings. The first-order chi connectivity index (χ1) is 8.66. The number of rotatable bonds is 2. The Hall–Kier alpha value is -1.91. The number of fused-ring (bicyclic) bond motifs is 1. The van der Waals surface area contributed by atoms with Crippen LogP contribution in [0.4, 0.5) is 0 Å². The van der Waals surface area contributed by atoms with Crippen molar-refractivity contribution in [3.05, 3.63) is 29.1 Å². The molecule has 94 valence electrons. The molecule has 1 saturated carbocycles. The molecular formula is C13H14N2O3. The molecule has 0 bridgehead atoms. The Morgan fingerprint density at radius 1 is 1.33 bits per heavy atom. The third kappa shape index (κ3) is 1.85. The van der Waals surface area contributed by atoms with Gasteiger partial charge in [0, 0.05) is 31.4 Å². The molecule has 0 spiro atoms. The predicted molar refractivity (Wildman–Crippen MR) is 63.0 cm³/mol. The second-order valence-electron chi connectivity index (χ2n) is 4.91. The third-order valence-corrected chi connectivity index (χ3v) is 3.61. The standard InChI is InChI=1S/C13H14N2O3/c16-12(8-1-2-8)15-4-3-10-9(7-15)5-14-6-11(10)13(17)18/h5-6,8H,1-4,7H2,(H,17,18). The maximum Gasteiger partial charge on any atom is 0.337 e. The number of nitrogens with zero attached hydrogens (tertiary/aromatic N) is 2. The van der Waals surface area contributed by atoms with Gasteiger partial charge < -0.3 is 10.0 Å². The molecule has 1 N–H and O–H groups in total. The van der Waals surface area contributed by atoms with E-state index in [-0.39, 0.29) is 17.4 Å². The summed E-state index contributed by atoms with van der Waals surface area (Å²) in [4.78, 5) is 28.8. The van der Waals surface area contributed by atoms with E-state index in [4.69, 9.17) is 5.11 Å². The fourth-order valence-electron chi connectivity index (χ4n) is 2.45. The minimum atomic E-state index is -0.943. The van der Waals surface area contributed by atoms with E-state index in [0.717, 1.165) is 24.0 Å². The van der Waals surface area contributed by atoms with Crippen molar-refractivity contribution in [3.63, 3.8) is 0 Å². The first-order valence-electron chi connectivity index (χ1n) is 6.14. The molecule has 18 heavy (non-hydrogen) atoms. The maximum absolute atomic E-state index is 12.0. The van der Waals surface area contributed by atoms with E-state index >= 15 is 0 Å². The van der Waals surface area contributed by atoms with Gasteiger partial charge in [-0.15, -0.1) is 0 Å². The van der Waals surface area contributed by atoms with E-state index < -0.39 is 5.97 Å². The highest BCUT2D eigenvalue weighted by Gasteiger charge is 2.35. The SMILES string of the molecule is O=C(O)c1cncc2c1CCN(C(=O)C1CC1)C2. The summed E-state index contributed by atoms with van der Waals surface area (Å²) in [7, 11) is 0. The summed E-state index contributed by atoms with van der Waals surface area (Å²) >= 11 is 0. The lowest BCUT2D eigenvalue weighted by atomic mass is 9.97. The number of hydrogen-bond acceptors (Lipinski definition) is 3. The summed E-state index contributed by atoms with van der Waals surface area (Å²) < 4.78 is 0. The van der Waals surface area contributed by atoms with Crippen molar-refractivity contribution < 1.29 is 14.7 Å². The number of pyridine rings is 1. The average molecular weight is 246 g/mol. The first-order valence-corrected chi connectivity index (χ1v) is 6.14. The number of carbonyl (C=O) groups is 2. The number of carbonyl (C=O) groups excluding carboxylic acids is 1. The monoisotopic (exact) mass is 246 g/mol. The van der Waals surface area contributed by atoms with Crippen molar-refractivity contribution in [2.45, 2.75) is 25.8 Å². The molecule has 1 aliphatic heterocycles. The largest absolute Gasteiger partial charge is 0.478 e. The van der Waals surface area contributed by atoms with Crippen LogP contribution in [0.2, 0.25) is 0 Å². The molecule has 1 aromatic rings. The highest BCUT2D eigenvalue weighted by atomic mass is 16.4. The number of aromatic carboxylic acids is 1. The molecule has 0 aromatic carbocycles. The van der Waals surface area contributed by atoms with E-state index in [1.54, 1.807) is 6.20 Å². The van der Waals surface area contributed by atoms with E-state index in [2.05, 4.69) is 4.98 Å². The summed E-state index contributed by atoms with van der Waals surface area (Å²) in [5, 5.41) is 9.09. The van der Waals surface area contributed by atoms with Gasteiger partial charge in [-0.25, -0.2) is 4.79 Å². The van der Waals surface area contributed by atoms with Crippen molar-refractivity contribution >= 4 is 11.9 Å². The van der Waals surface area contributed by atoms with Crippen molar-refractivity contribution in [2.24, 2.45) is 5.92 Å². The Kier molecular flexibility index (Phi) is 2.54. The third-order valence-electron chi connectivity index (χ3n) is 3.61.